The van der Waals surface area contributed by atoms with Gasteiger partial charge in [0.1, 0.15) is 18.1 Å². The van der Waals surface area contributed by atoms with Gasteiger partial charge in [0.15, 0.2) is 11.5 Å². The van der Waals surface area contributed by atoms with Crippen molar-refractivity contribution >= 4 is 23.1 Å². The van der Waals surface area contributed by atoms with Crippen LogP contribution in [0, 0.1) is 20.8 Å². The first-order valence-corrected chi connectivity index (χ1v) is 14.2. The number of amides is 1. The van der Waals surface area contributed by atoms with Crippen LogP contribution in [-0.2, 0) is 16.2 Å². The second-order valence-corrected chi connectivity index (χ2v) is 10.6. The van der Waals surface area contributed by atoms with E-state index in [4.69, 9.17) is 14.2 Å². The van der Waals surface area contributed by atoms with Crippen molar-refractivity contribution in [3.8, 4) is 17.2 Å². The second-order valence-electron chi connectivity index (χ2n) is 10.6. The molecule has 7 heteroatoms. The Hall–Kier alpha value is -5.04. The molecule has 1 atom stereocenters. The van der Waals surface area contributed by atoms with Gasteiger partial charge in [0, 0.05) is 11.3 Å². The Kier molecular flexibility index (Phi) is 8.53. The van der Waals surface area contributed by atoms with E-state index in [9.17, 15) is 14.7 Å². The number of nitrogens with zero attached hydrogens (tertiary/aromatic N) is 1. The van der Waals surface area contributed by atoms with E-state index in [-0.39, 0.29) is 11.3 Å². The molecule has 5 rings (SSSR count). The van der Waals surface area contributed by atoms with Gasteiger partial charge >= 0.3 is 0 Å². The highest BCUT2D eigenvalue weighted by Crippen LogP contribution is 2.45. The highest BCUT2D eigenvalue weighted by atomic mass is 16.5. The Morgan fingerprint density at radius 3 is 2.26 bits per heavy atom. The number of carbonyl (C=O) groups is 2. The lowest BCUT2D eigenvalue weighted by molar-refractivity contribution is -0.132. The van der Waals surface area contributed by atoms with Gasteiger partial charge in [-0.25, -0.2) is 0 Å². The number of aliphatic hydroxyl groups excluding tert-OH is 1. The summed E-state index contributed by atoms with van der Waals surface area (Å²) in [5.41, 5.74) is 5.18. The van der Waals surface area contributed by atoms with Gasteiger partial charge in [-0.2, -0.15) is 0 Å². The van der Waals surface area contributed by atoms with Gasteiger partial charge in [-0.1, -0.05) is 48.5 Å². The maximum Gasteiger partial charge on any atom is 0.300 e. The molecule has 4 aromatic carbocycles. The Balaban J connectivity index is 1.62. The van der Waals surface area contributed by atoms with Crippen molar-refractivity contribution in [3.63, 3.8) is 0 Å². The molecule has 1 aliphatic rings. The van der Waals surface area contributed by atoms with Gasteiger partial charge < -0.3 is 19.3 Å². The summed E-state index contributed by atoms with van der Waals surface area (Å²) in [6.45, 7) is 8.36. The van der Waals surface area contributed by atoms with Crippen LogP contribution in [-0.4, -0.2) is 30.5 Å². The molecule has 0 bridgehead atoms. The monoisotopic (exact) mass is 577 g/mol. The minimum absolute atomic E-state index is 0.00382. The molecule has 1 aliphatic heterocycles. The molecule has 1 amide bonds. The summed E-state index contributed by atoms with van der Waals surface area (Å²) in [6.07, 6.45) is 0. The predicted molar refractivity (Wildman–Crippen MR) is 167 cm³/mol. The summed E-state index contributed by atoms with van der Waals surface area (Å²) < 4.78 is 17.3. The van der Waals surface area contributed by atoms with Crippen LogP contribution in [0.5, 0.6) is 17.2 Å². The van der Waals surface area contributed by atoms with Crippen molar-refractivity contribution in [2.24, 2.45) is 0 Å². The first-order chi connectivity index (χ1) is 20.7. The number of hydrogen-bond donors (Lipinski definition) is 1. The lowest BCUT2D eigenvalue weighted by atomic mass is 9.94. The van der Waals surface area contributed by atoms with E-state index in [1.807, 2.05) is 76.2 Å². The van der Waals surface area contributed by atoms with Crippen LogP contribution in [0.15, 0.2) is 90.5 Å². The molecule has 1 N–H and O–H groups in total. The third-order valence-electron chi connectivity index (χ3n) is 7.56. The van der Waals surface area contributed by atoms with Crippen LogP contribution in [0.4, 0.5) is 5.69 Å². The SMILES string of the molecule is CCOc1cc(C2/C(=C(/O)c3ccc(OCc4ccccc4)c(C)c3)C(=O)C(=O)N2c2cc(C)ccc2C)ccc1OC. The van der Waals surface area contributed by atoms with Crippen molar-refractivity contribution in [1.29, 1.82) is 0 Å². The van der Waals surface area contributed by atoms with E-state index in [0.717, 1.165) is 22.3 Å². The Labute approximate surface area is 252 Å². The number of hydrogen-bond acceptors (Lipinski definition) is 6. The highest BCUT2D eigenvalue weighted by molar-refractivity contribution is 6.51. The topological polar surface area (TPSA) is 85.3 Å². The molecule has 1 saturated heterocycles. The van der Waals surface area contributed by atoms with Crippen LogP contribution in [0.1, 0.15) is 46.3 Å². The summed E-state index contributed by atoms with van der Waals surface area (Å²) >= 11 is 0. The largest absolute Gasteiger partial charge is 0.507 e. The number of aliphatic hydroxyl groups is 1. The molecule has 0 aliphatic carbocycles. The van der Waals surface area contributed by atoms with Crippen LogP contribution in [0.2, 0.25) is 0 Å². The van der Waals surface area contributed by atoms with Crippen molar-refractivity contribution < 1.29 is 28.9 Å². The lowest BCUT2D eigenvalue weighted by Gasteiger charge is -2.27. The number of ketones is 1. The maximum atomic E-state index is 13.7. The fourth-order valence-corrected chi connectivity index (χ4v) is 5.36. The minimum Gasteiger partial charge on any atom is -0.507 e. The Bertz CT molecular complexity index is 1710. The van der Waals surface area contributed by atoms with E-state index in [0.29, 0.717) is 47.3 Å². The number of Topliss-reactive ketones (excluding diaryl/α,β-unsaturated/α-hetero) is 1. The number of benzene rings is 4. The maximum absolute atomic E-state index is 13.7. The number of carbonyl (C=O) groups excluding carboxylic acids is 2. The van der Waals surface area contributed by atoms with Crippen LogP contribution >= 0.6 is 0 Å². The normalized spacial score (nSPS) is 15.9. The van der Waals surface area contributed by atoms with Gasteiger partial charge in [0.2, 0.25) is 0 Å². The van der Waals surface area contributed by atoms with E-state index in [1.165, 1.54) is 4.90 Å². The molecular weight excluding hydrogens is 542 g/mol. The van der Waals surface area contributed by atoms with E-state index < -0.39 is 17.7 Å². The number of methoxy groups -OCH3 is 1. The summed E-state index contributed by atoms with van der Waals surface area (Å²) in [5, 5.41) is 11.7. The summed E-state index contributed by atoms with van der Waals surface area (Å²) in [6, 6.07) is 25.2. The van der Waals surface area contributed by atoms with Gasteiger partial charge in [0.25, 0.3) is 11.7 Å². The van der Waals surface area contributed by atoms with Gasteiger partial charge in [-0.15, -0.1) is 0 Å². The van der Waals surface area contributed by atoms with Crippen molar-refractivity contribution in [1.82, 2.24) is 0 Å². The molecule has 1 unspecified atom stereocenters. The molecule has 1 fully saturated rings. The van der Waals surface area contributed by atoms with Gasteiger partial charge in [-0.3, -0.25) is 14.5 Å². The fourth-order valence-electron chi connectivity index (χ4n) is 5.36. The Morgan fingerprint density at radius 2 is 1.56 bits per heavy atom. The van der Waals surface area contributed by atoms with E-state index >= 15 is 0 Å². The molecule has 220 valence electrons. The average Bonchev–Trinajstić information content (AvgIpc) is 3.27. The van der Waals surface area contributed by atoms with Crippen molar-refractivity contribution in [2.75, 3.05) is 18.6 Å². The van der Waals surface area contributed by atoms with Gasteiger partial charge in [-0.05, 0) is 91.9 Å². The average molecular weight is 578 g/mol. The third-order valence-corrected chi connectivity index (χ3v) is 7.56. The van der Waals surface area contributed by atoms with E-state index in [2.05, 4.69) is 0 Å². The molecule has 0 saturated carbocycles. The summed E-state index contributed by atoms with van der Waals surface area (Å²) in [7, 11) is 1.55. The quantitative estimate of drug-likeness (QED) is 0.128. The zero-order valence-electron chi connectivity index (χ0n) is 25.0. The van der Waals surface area contributed by atoms with Crippen LogP contribution in [0.3, 0.4) is 0 Å². The van der Waals surface area contributed by atoms with Crippen molar-refractivity contribution in [2.45, 2.75) is 40.3 Å². The molecular formula is C36H35NO6. The number of aryl methyl sites for hydroxylation is 3. The minimum atomic E-state index is -0.903. The standard InChI is InChI=1S/C36H35NO6/c1-6-42-31-20-26(14-17-30(31)41-5)33-32(35(39)36(40)37(33)28-18-22(2)12-13-23(28)3)34(38)27-15-16-29(24(4)19-27)43-21-25-10-8-7-9-11-25/h7-20,33,38H,6,21H2,1-5H3/b34-32-. The number of anilines is 1. The molecule has 0 radical (unpaired) electrons. The van der Waals surface area contributed by atoms with Crippen LogP contribution in [0.25, 0.3) is 5.76 Å². The smallest absolute Gasteiger partial charge is 0.300 e. The molecule has 1 heterocycles. The molecule has 43 heavy (non-hydrogen) atoms. The zero-order chi connectivity index (χ0) is 30.7. The number of rotatable bonds is 9. The zero-order valence-corrected chi connectivity index (χ0v) is 25.0. The summed E-state index contributed by atoms with van der Waals surface area (Å²) in [4.78, 5) is 28.9. The predicted octanol–water partition coefficient (Wildman–Crippen LogP) is 7.22. The highest BCUT2D eigenvalue weighted by Gasteiger charge is 2.47. The third kappa shape index (κ3) is 5.84. The molecule has 0 aromatic heterocycles. The lowest BCUT2D eigenvalue weighted by Crippen LogP contribution is -2.30. The molecule has 4 aromatic rings. The summed E-state index contributed by atoms with van der Waals surface area (Å²) in [5.74, 6) is -0.0828. The molecule has 7 nitrogen and oxygen atoms in total. The first kappa shape index (κ1) is 29.5. The molecule has 0 spiro atoms. The van der Waals surface area contributed by atoms with Crippen LogP contribution < -0.4 is 19.1 Å². The fraction of sp³-hybridized carbons (Fsp3) is 0.222. The second kappa shape index (κ2) is 12.4. The van der Waals surface area contributed by atoms with Crippen molar-refractivity contribution in [3.05, 3.63) is 124 Å². The Morgan fingerprint density at radius 1 is 0.814 bits per heavy atom. The van der Waals surface area contributed by atoms with E-state index in [1.54, 1.807) is 43.5 Å². The van der Waals surface area contributed by atoms with Gasteiger partial charge in [0.05, 0.1) is 25.3 Å². The number of ether oxygens (including phenoxy) is 3. The first-order valence-electron chi connectivity index (χ1n) is 14.2.